The second-order valence-electron chi connectivity index (χ2n) is 6.97. The number of amides is 1. The third-order valence-electron chi connectivity index (χ3n) is 5.09. The third kappa shape index (κ3) is 4.03. The lowest BCUT2D eigenvalue weighted by molar-refractivity contribution is -0.151. The molecular weight excluding hydrogens is 375 g/mol. The Kier molecular flexibility index (Phi) is 5.12. The normalized spacial score (nSPS) is 15.8. The number of aromatic nitrogens is 1. The number of carboxylic acids is 1. The highest BCUT2D eigenvalue weighted by atomic mass is 19.1. The minimum atomic E-state index is -1.01. The van der Waals surface area contributed by atoms with Crippen LogP contribution in [0.1, 0.15) is 23.4 Å². The highest BCUT2D eigenvalue weighted by Crippen LogP contribution is 2.25. The average Bonchev–Trinajstić information content (AvgIpc) is 3.20. The zero-order valence-corrected chi connectivity index (χ0v) is 15.5. The number of fused-ring (bicyclic) bond motifs is 1. The molecule has 0 radical (unpaired) electrons. The number of carbonyl (C=O) groups excluding carboxylic acids is 1. The van der Waals surface area contributed by atoms with Crippen LogP contribution in [-0.4, -0.2) is 32.9 Å². The molecule has 1 atom stereocenters. The Morgan fingerprint density at radius 3 is 2.59 bits per heavy atom. The lowest BCUT2D eigenvalue weighted by Gasteiger charge is -2.34. The van der Waals surface area contributed by atoms with Crippen LogP contribution in [0, 0.1) is 5.82 Å². The van der Waals surface area contributed by atoms with E-state index in [1.807, 2.05) is 24.3 Å². The summed E-state index contributed by atoms with van der Waals surface area (Å²) in [6.07, 6.45) is 2.18. The van der Waals surface area contributed by atoms with Crippen molar-refractivity contribution in [2.24, 2.45) is 0 Å². The van der Waals surface area contributed by atoms with Gasteiger partial charge in [0.2, 0.25) is 5.91 Å². The highest BCUT2D eigenvalue weighted by Gasteiger charge is 2.34. The van der Waals surface area contributed by atoms with Crippen LogP contribution in [0.15, 0.2) is 59.1 Å². The zero-order valence-electron chi connectivity index (χ0n) is 15.5. The van der Waals surface area contributed by atoms with E-state index in [2.05, 4.69) is 4.98 Å². The second-order valence-corrected chi connectivity index (χ2v) is 6.97. The molecule has 29 heavy (non-hydrogen) atoms. The first-order chi connectivity index (χ1) is 14.0. The van der Waals surface area contributed by atoms with Gasteiger partial charge in [0.1, 0.15) is 11.9 Å². The molecule has 1 N–H and O–H groups in total. The Balaban J connectivity index is 1.44. The standard InChI is InChI=1S/C22H19FN2O4/c23-17-7-5-14(6-8-17)19-12-24-20(29-19)9-10-21(26)25-13-16-4-2-1-3-15(16)11-18(25)22(27)28/h1-8,12,18H,9-11,13H2,(H,27,28). The Labute approximate surface area is 166 Å². The topological polar surface area (TPSA) is 83.6 Å². The van der Waals surface area contributed by atoms with Crippen LogP contribution in [0.4, 0.5) is 4.39 Å². The lowest BCUT2D eigenvalue weighted by Crippen LogP contribution is -2.48. The second kappa shape index (κ2) is 7.87. The van der Waals surface area contributed by atoms with E-state index in [1.54, 1.807) is 12.1 Å². The van der Waals surface area contributed by atoms with E-state index in [4.69, 9.17) is 4.42 Å². The molecule has 0 saturated heterocycles. The van der Waals surface area contributed by atoms with Gasteiger partial charge < -0.3 is 14.4 Å². The molecule has 148 valence electrons. The number of hydrogen-bond acceptors (Lipinski definition) is 4. The number of rotatable bonds is 5. The summed E-state index contributed by atoms with van der Waals surface area (Å²) in [5.74, 6) is -0.740. The van der Waals surface area contributed by atoms with Crippen LogP contribution < -0.4 is 0 Å². The lowest BCUT2D eigenvalue weighted by atomic mass is 9.93. The van der Waals surface area contributed by atoms with Crippen molar-refractivity contribution in [1.29, 1.82) is 0 Å². The van der Waals surface area contributed by atoms with E-state index >= 15 is 0 Å². The first kappa shape index (κ1) is 18.9. The summed E-state index contributed by atoms with van der Waals surface area (Å²) in [5, 5.41) is 9.57. The van der Waals surface area contributed by atoms with Gasteiger partial charge in [-0.1, -0.05) is 24.3 Å². The summed E-state index contributed by atoms with van der Waals surface area (Å²) in [4.78, 5) is 30.0. The number of carbonyl (C=O) groups is 2. The molecule has 7 heteroatoms. The SMILES string of the molecule is O=C(O)C1Cc2ccccc2CN1C(=O)CCc1ncc(-c2ccc(F)cc2)o1. The van der Waals surface area contributed by atoms with Crippen molar-refractivity contribution in [3.05, 3.63) is 77.6 Å². The fraction of sp³-hybridized carbons (Fsp3) is 0.227. The molecule has 1 aliphatic heterocycles. The first-order valence-corrected chi connectivity index (χ1v) is 9.31. The van der Waals surface area contributed by atoms with E-state index in [-0.39, 0.29) is 31.1 Å². The van der Waals surface area contributed by atoms with Crippen molar-refractivity contribution >= 4 is 11.9 Å². The molecule has 0 spiro atoms. The Hall–Kier alpha value is -3.48. The van der Waals surface area contributed by atoms with E-state index in [0.29, 0.717) is 23.6 Å². The van der Waals surface area contributed by atoms with Crippen LogP contribution in [0.5, 0.6) is 0 Å². The van der Waals surface area contributed by atoms with Crippen molar-refractivity contribution in [1.82, 2.24) is 9.88 Å². The summed E-state index contributed by atoms with van der Waals surface area (Å²) < 4.78 is 18.7. The van der Waals surface area contributed by atoms with Gasteiger partial charge in [-0.05, 0) is 35.4 Å². The number of benzene rings is 2. The molecule has 2 aromatic carbocycles. The van der Waals surface area contributed by atoms with Crippen molar-refractivity contribution in [3.63, 3.8) is 0 Å². The van der Waals surface area contributed by atoms with Gasteiger partial charge in [-0.15, -0.1) is 0 Å². The van der Waals surface area contributed by atoms with Crippen molar-refractivity contribution < 1.29 is 23.5 Å². The van der Waals surface area contributed by atoms with E-state index in [9.17, 15) is 19.1 Å². The van der Waals surface area contributed by atoms with Gasteiger partial charge in [0.05, 0.1) is 6.20 Å². The van der Waals surface area contributed by atoms with E-state index in [0.717, 1.165) is 11.1 Å². The van der Waals surface area contributed by atoms with Gasteiger partial charge in [-0.25, -0.2) is 14.2 Å². The third-order valence-corrected chi connectivity index (χ3v) is 5.09. The van der Waals surface area contributed by atoms with Gasteiger partial charge in [0.15, 0.2) is 11.7 Å². The molecule has 0 bridgehead atoms. The number of nitrogens with zero attached hydrogens (tertiary/aromatic N) is 2. The molecule has 0 aliphatic carbocycles. The van der Waals surface area contributed by atoms with Gasteiger partial charge in [-0.3, -0.25) is 4.79 Å². The van der Waals surface area contributed by atoms with Crippen LogP contribution in [-0.2, 0) is 29.0 Å². The van der Waals surface area contributed by atoms with Crippen LogP contribution in [0.25, 0.3) is 11.3 Å². The Morgan fingerprint density at radius 1 is 1.14 bits per heavy atom. The monoisotopic (exact) mass is 394 g/mol. The molecular formula is C22H19FN2O4. The van der Waals surface area contributed by atoms with E-state index in [1.165, 1.54) is 23.2 Å². The summed E-state index contributed by atoms with van der Waals surface area (Å²) in [6.45, 7) is 0.276. The maximum atomic E-state index is 13.0. The van der Waals surface area contributed by atoms with Crippen molar-refractivity contribution in [2.45, 2.75) is 31.8 Å². The molecule has 1 unspecified atom stereocenters. The highest BCUT2D eigenvalue weighted by molar-refractivity contribution is 5.84. The molecule has 1 aliphatic rings. The van der Waals surface area contributed by atoms with Gasteiger partial charge in [0, 0.05) is 31.4 Å². The number of oxazole rings is 1. The minimum absolute atomic E-state index is 0.0926. The molecule has 1 aromatic heterocycles. The quantitative estimate of drug-likeness (QED) is 0.717. The fourth-order valence-corrected chi connectivity index (χ4v) is 3.54. The number of halogens is 1. The first-order valence-electron chi connectivity index (χ1n) is 9.31. The predicted octanol–water partition coefficient (Wildman–Crippen LogP) is 3.45. The van der Waals surface area contributed by atoms with Gasteiger partial charge in [-0.2, -0.15) is 0 Å². The number of carboxylic acid groups (broad SMARTS) is 1. The fourth-order valence-electron chi connectivity index (χ4n) is 3.54. The maximum Gasteiger partial charge on any atom is 0.326 e. The van der Waals surface area contributed by atoms with Gasteiger partial charge in [0.25, 0.3) is 0 Å². The van der Waals surface area contributed by atoms with Crippen molar-refractivity contribution in [3.8, 4) is 11.3 Å². The van der Waals surface area contributed by atoms with Crippen LogP contribution >= 0.6 is 0 Å². The minimum Gasteiger partial charge on any atom is -0.480 e. The Morgan fingerprint density at radius 2 is 1.86 bits per heavy atom. The molecule has 2 heterocycles. The zero-order chi connectivity index (χ0) is 20.4. The molecule has 0 fully saturated rings. The summed E-state index contributed by atoms with van der Waals surface area (Å²) in [7, 11) is 0. The summed E-state index contributed by atoms with van der Waals surface area (Å²) in [5.41, 5.74) is 2.61. The number of aryl methyl sites for hydroxylation is 1. The summed E-state index contributed by atoms with van der Waals surface area (Å²) >= 11 is 0. The smallest absolute Gasteiger partial charge is 0.326 e. The van der Waals surface area contributed by atoms with Gasteiger partial charge >= 0.3 is 5.97 Å². The largest absolute Gasteiger partial charge is 0.480 e. The van der Waals surface area contributed by atoms with Crippen LogP contribution in [0.2, 0.25) is 0 Å². The molecule has 4 rings (SSSR count). The molecule has 3 aromatic rings. The molecule has 0 saturated carbocycles. The molecule has 6 nitrogen and oxygen atoms in total. The summed E-state index contributed by atoms with van der Waals surface area (Å²) in [6, 6.07) is 12.5. The number of hydrogen-bond donors (Lipinski definition) is 1. The van der Waals surface area contributed by atoms with E-state index < -0.39 is 12.0 Å². The number of aliphatic carboxylic acids is 1. The average molecular weight is 394 g/mol. The maximum absolute atomic E-state index is 13.0. The predicted molar refractivity (Wildman–Crippen MR) is 102 cm³/mol. The Bertz CT molecular complexity index is 1040. The van der Waals surface area contributed by atoms with Crippen LogP contribution in [0.3, 0.4) is 0 Å². The molecule has 1 amide bonds. The van der Waals surface area contributed by atoms with Crippen molar-refractivity contribution in [2.75, 3.05) is 0 Å².